The summed E-state index contributed by atoms with van der Waals surface area (Å²) in [5.41, 5.74) is 2.24. The van der Waals surface area contributed by atoms with Crippen molar-refractivity contribution in [1.29, 1.82) is 0 Å². The first-order valence-corrected chi connectivity index (χ1v) is 9.90. The monoisotopic (exact) mass is 327 g/mol. The van der Waals surface area contributed by atoms with Gasteiger partial charge in [0.15, 0.2) is 5.66 Å². The number of aliphatic hydroxyl groups excluding tert-OH is 1. The highest BCUT2D eigenvalue weighted by atomic mass is 31.1. The number of hydrogen-bond acceptors (Lipinski definition) is 2. The van der Waals surface area contributed by atoms with Gasteiger partial charge in [0, 0.05) is 0 Å². The van der Waals surface area contributed by atoms with E-state index in [1.165, 1.54) is 6.42 Å². The van der Waals surface area contributed by atoms with Crippen molar-refractivity contribution in [3.8, 4) is 0 Å². The molecule has 1 aliphatic rings. The van der Waals surface area contributed by atoms with Crippen LogP contribution in [0.4, 0.5) is 0 Å². The molecule has 3 heteroatoms. The maximum atomic E-state index is 13.0. The average molecular weight is 327 g/mol. The van der Waals surface area contributed by atoms with E-state index in [4.69, 9.17) is 0 Å². The average Bonchev–Trinajstić information content (AvgIpc) is 2.64. The lowest BCUT2D eigenvalue weighted by Crippen LogP contribution is -2.21. The molecule has 2 aromatic carbocycles. The molecule has 0 spiro atoms. The van der Waals surface area contributed by atoms with Crippen LogP contribution in [0.25, 0.3) is 0 Å². The van der Waals surface area contributed by atoms with Gasteiger partial charge in [0.25, 0.3) is 5.85 Å². The third-order valence-corrected chi connectivity index (χ3v) is 6.87. The summed E-state index contributed by atoms with van der Waals surface area (Å²) in [6.45, 7) is 0. The highest BCUT2D eigenvalue weighted by Crippen LogP contribution is 2.47. The largest absolute Gasteiger partial charge is 0.374 e. The third kappa shape index (κ3) is 3.88. The Bertz CT molecular complexity index is 581. The molecule has 0 aromatic heterocycles. The van der Waals surface area contributed by atoms with E-state index in [-0.39, 0.29) is 11.6 Å². The zero-order chi connectivity index (χ0) is 16.1. The minimum atomic E-state index is -1.64. The van der Waals surface area contributed by atoms with Crippen molar-refractivity contribution in [2.24, 2.45) is 0 Å². The molecule has 0 bridgehead atoms. The Balaban J connectivity index is 1.90. The van der Waals surface area contributed by atoms with E-state index < -0.39 is 13.6 Å². The van der Waals surface area contributed by atoms with Crippen LogP contribution in [0.2, 0.25) is 0 Å². The molecule has 2 nitrogen and oxygen atoms in total. The first-order chi connectivity index (χ1) is 11.3. The van der Waals surface area contributed by atoms with E-state index in [1.807, 2.05) is 60.7 Å². The third-order valence-electron chi connectivity index (χ3n) is 4.81. The second kappa shape index (κ2) is 7.86. The summed E-state index contributed by atoms with van der Waals surface area (Å²) in [7, 11) is -1.64. The molecule has 0 amide bonds. The van der Waals surface area contributed by atoms with E-state index in [2.05, 4.69) is 0 Å². The molecule has 0 saturated heterocycles. The Morgan fingerprint density at radius 2 is 1.30 bits per heavy atom. The Hall–Kier alpha value is -1.50. The SMILES string of the molecule is O=[P+](C1CCCCC1)C(O)C(c1ccccc1)c1ccccc1. The molecule has 0 radical (unpaired) electrons. The van der Waals surface area contributed by atoms with Gasteiger partial charge in [0.1, 0.15) is 0 Å². The van der Waals surface area contributed by atoms with E-state index in [1.54, 1.807) is 0 Å². The van der Waals surface area contributed by atoms with Gasteiger partial charge in [0.2, 0.25) is 0 Å². The summed E-state index contributed by atoms with van der Waals surface area (Å²) in [6.07, 6.45) is 5.49. The van der Waals surface area contributed by atoms with Gasteiger partial charge in [-0.3, -0.25) is 0 Å². The van der Waals surface area contributed by atoms with Gasteiger partial charge in [-0.25, -0.2) is 0 Å². The second-order valence-corrected chi connectivity index (χ2v) is 8.34. The summed E-state index contributed by atoms with van der Waals surface area (Å²) in [4.78, 5) is 0. The van der Waals surface area contributed by atoms with Crippen LogP contribution in [0.1, 0.15) is 49.1 Å². The molecule has 2 unspecified atom stereocenters. The fraction of sp³-hybridized carbons (Fsp3) is 0.400. The van der Waals surface area contributed by atoms with Crippen LogP contribution in [0.3, 0.4) is 0 Å². The molecule has 120 valence electrons. The molecule has 2 aromatic rings. The summed E-state index contributed by atoms with van der Waals surface area (Å²) in [5, 5.41) is 11.0. The molecular formula is C20H24O2P+. The minimum absolute atomic E-state index is 0.170. The van der Waals surface area contributed by atoms with Crippen LogP contribution < -0.4 is 0 Å². The summed E-state index contributed by atoms with van der Waals surface area (Å²) < 4.78 is 13.0. The second-order valence-electron chi connectivity index (χ2n) is 6.36. The fourth-order valence-corrected chi connectivity index (χ4v) is 5.50. The van der Waals surface area contributed by atoms with Crippen LogP contribution in [0.15, 0.2) is 60.7 Å². The summed E-state index contributed by atoms with van der Waals surface area (Å²) in [5.74, 6) is -1.04. The van der Waals surface area contributed by atoms with Crippen molar-refractivity contribution in [3.05, 3.63) is 71.8 Å². The molecule has 1 saturated carbocycles. The molecular weight excluding hydrogens is 303 g/mol. The van der Waals surface area contributed by atoms with Crippen molar-refractivity contribution in [2.75, 3.05) is 0 Å². The maximum absolute atomic E-state index is 13.0. The van der Waals surface area contributed by atoms with Crippen LogP contribution in [0, 0.1) is 0 Å². The zero-order valence-corrected chi connectivity index (χ0v) is 14.2. The van der Waals surface area contributed by atoms with Crippen LogP contribution >= 0.6 is 7.80 Å². The molecule has 1 N–H and O–H groups in total. The normalized spacial score (nSPS) is 17.9. The van der Waals surface area contributed by atoms with Crippen molar-refractivity contribution in [3.63, 3.8) is 0 Å². The molecule has 0 aliphatic heterocycles. The number of aliphatic hydroxyl groups is 1. The van der Waals surface area contributed by atoms with E-state index in [0.717, 1.165) is 36.8 Å². The lowest BCUT2D eigenvalue weighted by atomic mass is 9.92. The molecule has 0 heterocycles. The summed E-state index contributed by atoms with van der Waals surface area (Å²) in [6, 6.07) is 19.9. The minimum Gasteiger partial charge on any atom is -0.350 e. The molecule has 1 fully saturated rings. The van der Waals surface area contributed by atoms with Crippen LogP contribution in [-0.2, 0) is 4.57 Å². The Kier molecular flexibility index (Phi) is 5.59. The molecule has 23 heavy (non-hydrogen) atoms. The smallest absolute Gasteiger partial charge is 0.350 e. The van der Waals surface area contributed by atoms with Crippen molar-refractivity contribution in [1.82, 2.24) is 0 Å². The first kappa shape index (κ1) is 16.4. The quantitative estimate of drug-likeness (QED) is 0.757. The summed E-state index contributed by atoms with van der Waals surface area (Å²) >= 11 is 0. The number of benzene rings is 2. The fourth-order valence-electron chi connectivity index (χ4n) is 3.56. The highest BCUT2D eigenvalue weighted by molar-refractivity contribution is 7.46. The van der Waals surface area contributed by atoms with Crippen LogP contribution in [-0.4, -0.2) is 16.6 Å². The lowest BCUT2D eigenvalue weighted by molar-refractivity contribution is 0.230. The standard InChI is InChI=1S/C20H24O2P/c21-20(23(22)18-14-8-3-9-15-18)19(16-10-4-1-5-11-16)17-12-6-2-7-13-17/h1-2,4-7,10-13,18-21H,3,8-9,14-15H2/q+1. The van der Waals surface area contributed by atoms with Crippen LogP contribution in [0.5, 0.6) is 0 Å². The Morgan fingerprint density at radius 1 is 0.826 bits per heavy atom. The number of rotatable bonds is 5. The Labute approximate surface area is 139 Å². The van der Waals surface area contributed by atoms with Gasteiger partial charge in [-0.2, -0.15) is 0 Å². The molecule has 3 rings (SSSR count). The lowest BCUT2D eigenvalue weighted by Gasteiger charge is -2.21. The van der Waals surface area contributed by atoms with Gasteiger partial charge < -0.3 is 5.11 Å². The van der Waals surface area contributed by atoms with Gasteiger partial charge in [0.05, 0.1) is 5.92 Å². The molecule has 2 atom stereocenters. The van der Waals surface area contributed by atoms with Gasteiger partial charge in [-0.15, -0.1) is 0 Å². The molecule has 1 aliphatic carbocycles. The highest BCUT2D eigenvalue weighted by Gasteiger charge is 2.43. The number of hydrogen-bond donors (Lipinski definition) is 1. The van der Waals surface area contributed by atoms with Crippen molar-refractivity contribution < 1.29 is 9.67 Å². The Morgan fingerprint density at radius 3 is 1.78 bits per heavy atom. The zero-order valence-electron chi connectivity index (χ0n) is 13.3. The van der Waals surface area contributed by atoms with E-state index in [0.29, 0.717) is 0 Å². The topological polar surface area (TPSA) is 37.3 Å². The van der Waals surface area contributed by atoms with E-state index >= 15 is 0 Å². The van der Waals surface area contributed by atoms with E-state index in [9.17, 15) is 9.67 Å². The maximum Gasteiger partial charge on any atom is 0.374 e. The van der Waals surface area contributed by atoms with Gasteiger partial charge in [-0.1, -0.05) is 71.6 Å². The van der Waals surface area contributed by atoms with Crippen molar-refractivity contribution >= 4 is 7.80 Å². The van der Waals surface area contributed by atoms with Gasteiger partial charge in [-0.05, 0) is 36.8 Å². The predicted molar refractivity (Wildman–Crippen MR) is 95.2 cm³/mol. The first-order valence-electron chi connectivity index (χ1n) is 8.51. The van der Waals surface area contributed by atoms with Gasteiger partial charge >= 0.3 is 7.80 Å². The van der Waals surface area contributed by atoms with Crippen molar-refractivity contribution in [2.45, 2.75) is 49.5 Å². The predicted octanol–water partition coefficient (Wildman–Crippen LogP) is 5.30.